The molecule has 2 rings (SSSR count). The van der Waals surface area contributed by atoms with E-state index < -0.39 is 10.0 Å². The molecule has 0 saturated heterocycles. The van der Waals surface area contributed by atoms with Crippen LogP contribution in [0.25, 0.3) is 0 Å². The molecule has 0 aliphatic carbocycles. The molecular weight excluding hydrogens is 336 g/mol. The van der Waals surface area contributed by atoms with E-state index in [0.717, 1.165) is 11.1 Å². The third-order valence-corrected chi connectivity index (χ3v) is 5.12. The quantitative estimate of drug-likeness (QED) is 0.797. The van der Waals surface area contributed by atoms with Crippen LogP contribution in [0.15, 0.2) is 48.5 Å². The predicted molar refractivity (Wildman–Crippen MR) is 99.7 cm³/mol. The Morgan fingerprint density at radius 2 is 1.72 bits per heavy atom. The second-order valence-corrected chi connectivity index (χ2v) is 8.11. The maximum atomic E-state index is 12.3. The first kappa shape index (κ1) is 19.1. The number of hydrogen-bond donors (Lipinski definition) is 2. The highest BCUT2D eigenvalue weighted by Gasteiger charge is 2.15. The second-order valence-electron chi connectivity index (χ2n) is 6.35. The van der Waals surface area contributed by atoms with E-state index in [-0.39, 0.29) is 24.2 Å². The molecule has 2 N–H and O–H groups in total. The molecule has 5 nitrogen and oxygen atoms in total. The number of nitrogens with one attached hydrogen (secondary N) is 2. The smallest absolute Gasteiger partial charge is 0.251 e. The molecule has 0 atom stereocenters. The Morgan fingerprint density at radius 3 is 2.36 bits per heavy atom. The molecule has 0 unspecified atom stereocenters. The van der Waals surface area contributed by atoms with Crippen LogP contribution in [0.2, 0.25) is 0 Å². The lowest BCUT2D eigenvalue weighted by Gasteiger charge is -2.13. The standard InChI is InChI=1S/C19H24N2O3S/c1-14(2)21-25(23,24)13-18-9-5-4-8-17(18)12-20-19(22)16-10-6-7-15(3)11-16/h4-11,14,21H,12-13H2,1-3H3,(H,20,22). The highest BCUT2D eigenvalue weighted by Crippen LogP contribution is 2.13. The van der Waals surface area contributed by atoms with Crippen LogP contribution in [0.4, 0.5) is 0 Å². The van der Waals surface area contributed by atoms with Gasteiger partial charge in [-0.05, 0) is 44.0 Å². The van der Waals surface area contributed by atoms with Gasteiger partial charge >= 0.3 is 0 Å². The summed E-state index contributed by atoms with van der Waals surface area (Å²) in [5.41, 5.74) is 3.07. The molecular formula is C19H24N2O3S. The highest BCUT2D eigenvalue weighted by molar-refractivity contribution is 7.88. The van der Waals surface area contributed by atoms with Crippen molar-refractivity contribution in [1.82, 2.24) is 10.0 Å². The first-order valence-electron chi connectivity index (χ1n) is 8.18. The molecule has 0 radical (unpaired) electrons. The van der Waals surface area contributed by atoms with Gasteiger partial charge in [0.05, 0.1) is 5.75 Å². The van der Waals surface area contributed by atoms with E-state index in [9.17, 15) is 13.2 Å². The third kappa shape index (κ3) is 5.99. The maximum absolute atomic E-state index is 12.3. The van der Waals surface area contributed by atoms with Crippen LogP contribution in [0.3, 0.4) is 0 Å². The lowest BCUT2D eigenvalue weighted by atomic mass is 10.1. The van der Waals surface area contributed by atoms with E-state index in [4.69, 9.17) is 0 Å². The van der Waals surface area contributed by atoms with Crippen molar-refractivity contribution in [3.8, 4) is 0 Å². The minimum Gasteiger partial charge on any atom is -0.348 e. The van der Waals surface area contributed by atoms with E-state index >= 15 is 0 Å². The van der Waals surface area contributed by atoms with Crippen molar-refractivity contribution in [2.75, 3.05) is 0 Å². The molecule has 0 bridgehead atoms. The molecule has 2 aromatic rings. The Labute approximate surface area is 149 Å². The summed E-state index contributed by atoms with van der Waals surface area (Å²) in [4.78, 5) is 12.3. The molecule has 0 aliphatic heterocycles. The molecule has 0 spiro atoms. The monoisotopic (exact) mass is 360 g/mol. The molecule has 2 aromatic carbocycles. The average Bonchev–Trinajstić information content (AvgIpc) is 2.52. The second kappa shape index (κ2) is 8.27. The predicted octanol–water partition coefficient (Wildman–Crippen LogP) is 2.75. The van der Waals surface area contributed by atoms with Gasteiger partial charge in [-0.3, -0.25) is 4.79 Å². The molecule has 0 heterocycles. The normalized spacial score (nSPS) is 11.5. The summed E-state index contributed by atoms with van der Waals surface area (Å²) in [6.07, 6.45) is 0. The number of carbonyl (C=O) groups is 1. The van der Waals surface area contributed by atoms with Crippen LogP contribution in [0, 0.1) is 6.92 Å². The van der Waals surface area contributed by atoms with Crippen LogP contribution in [-0.2, 0) is 22.3 Å². The van der Waals surface area contributed by atoms with Gasteiger partial charge in [-0.15, -0.1) is 0 Å². The summed E-state index contributed by atoms with van der Waals surface area (Å²) >= 11 is 0. The van der Waals surface area contributed by atoms with E-state index in [1.807, 2.05) is 37.3 Å². The Bertz CT molecular complexity index is 845. The molecule has 0 aromatic heterocycles. The third-order valence-electron chi connectivity index (χ3n) is 3.60. The van der Waals surface area contributed by atoms with Crippen molar-refractivity contribution in [2.24, 2.45) is 0 Å². The van der Waals surface area contributed by atoms with Crippen molar-refractivity contribution < 1.29 is 13.2 Å². The zero-order valence-electron chi connectivity index (χ0n) is 14.7. The van der Waals surface area contributed by atoms with Crippen molar-refractivity contribution in [2.45, 2.75) is 39.1 Å². The zero-order valence-corrected chi connectivity index (χ0v) is 15.6. The lowest BCUT2D eigenvalue weighted by Crippen LogP contribution is -2.32. The fraction of sp³-hybridized carbons (Fsp3) is 0.316. The van der Waals surface area contributed by atoms with E-state index in [0.29, 0.717) is 11.1 Å². The summed E-state index contributed by atoms with van der Waals surface area (Å²) in [5.74, 6) is -0.288. The lowest BCUT2D eigenvalue weighted by molar-refractivity contribution is 0.0951. The summed E-state index contributed by atoms with van der Waals surface area (Å²) in [5, 5.41) is 2.86. The van der Waals surface area contributed by atoms with E-state index in [2.05, 4.69) is 10.0 Å². The summed E-state index contributed by atoms with van der Waals surface area (Å²) < 4.78 is 26.9. The largest absolute Gasteiger partial charge is 0.348 e. The molecule has 0 aliphatic rings. The Balaban J connectivity index is 2.09. The number of carbonyl (C=O) groups excluding carboxylic acids is 1. The zero-order chi connectivity index (χ0) is 18.4. The van der Waals surface area contributed by atoms with E-state index in [1.54, 1.807) is 32.0 Å². The minimum absolute atomic E-state index is 0.109. The van der Waals surface area contributed by atoms with Crippen LogP contribution >= 0.6 is 0 Å². The minimum atomic E-state index is -3.42. The number of benzene rings is 2. The fourth-order valence-electron chi connectivity index (χ4n) is 2.54. The van der Waals surface area contributed by atoms with Gasteiger partial charge in [-0.25, -0.2) is 13.1 Å². The topological polar surface area (TPSA) is 75.3 Å². The Morgan fingerprint density at radius 1 is 1.04 bits per heavy atom. The van der Waals surface area contributed by atoms with Crippen LogP contribution in [-0.4, -0.2) is 20.4 Å². The van der Waals surface area contributed by atoms with Crippen molar-refractivity contribution in [3.63, 3.8) is 0 Å². The van der Waals surface area contributed by atoms with E-state index in [1.165, 1.54) is 0 Å². The van der Waals surface area contributed by atoms with Crippen LogP contribution in [0.1, 0.15) is 40.9 Å². The number of sulfonamides is 1. The van der Waals surface area contributed by atoms with Crippen LogP contribution in [0.5, 0.6) is 0 Å². The van der Waals surface area contributed by atoms with Gasteiger partial charge in [0.2, 0.25) is 10.0 Å². The van der Waals surface area contributed by atoms with Gasteiger partial charge in [-0.2, -0.15) is 0 Å². The SMILES string of the molecule is Cc1cccc(C(=O)NCc2ccccc2CS(=O)(=O)NC(C)C)c1. The van der Waals surface area contributed by atoms with Gasteiger partial charge in [0, 0.05) is 18.2 Å². The Kier molecular flexibility index (Phi) is 6.33. The number of rotatable bonds is 7. The van der Waals surface area contributed by atoms with Crippen LogP contribution < -0.4 is 10.0 Å². The van der Waals surface area contributed by atoms with Gasteiger partial charge in [-0.1, -0.05) is 42.0 Å². The highest BCUT2D eigenvalue weighted by atomic mass is 32.2. The number of amides is 1. The van der Waals surface area contributed by atoms with Gasteiger partial charge in [0.15, 0.2) is 0 Å². The molecule has 6 heteroatoms. The molecule has 134 valence electrons. The molecule has 0 saturated carbocycles. The summed E-state index contributed by atoms with van der Waals surface area (Å²) in [6.45, 7) is 5.77. The molecule has 1 amide bonds. The average molecular weight is 360 g/mol. The first-order valence-corrected chi connectivity index (χ1v) is 9.84. The fourth-order valence-corrected chi connectivity index (χ4v) is 4.03. The number of aryl methyl sites for hydroxylation is 1. The van der Waals surface area contributed by atoms with Crippen molar-refractivity contribution in [3.05, 3.63) is 70.8 Å². The molecule has 0 fully saturated rings. The van der Waals surface area contributed by atoms with Gasteiger partial charge < -0.3 is 5.32 Å². The number of hydrogen-bond acceptors (Lipinski definition) is 3. The summed E-state index contributed by atoms with van der Waals surface area (Å²) in [7, 11) is -3.42. The molecule has 25 heavy (non-hydrogen) atoms. The Hall–Kier alpha value is -2.18. The first-order chi connectivity index (χ1) is 11.8. The van der Waals surface area contributed by atoms with Gasteiger partial charge in [0.1, 0.15) is 0 Å². The maximum Gasteiger partial charge on any atom is 0.251 e. The summed E-state index contributed by atoms with van der Waals surface area (Å²) in [6, 6.07) is 14.4. The van der Waals surface area contributed by atoms with Crippen molar-refractivity contribution in [1.29, 1.82) is 0 Å². The van der Waals surface area contributed by atoms with Crippen molar-refractivity contribution >= 4 is 15.9 Å². The van der Waals surface area contributed by atoms with Gasteiger partial charge in [0.25, 0.3) is 5.91 Å².